The zero-order valence-corrected chi connectivity index (χ0v) is 15.2. The lowest BCUT2D eigenvalue weighted by atomic mass is 10.3. The lowest BCUT2D eigenvalue weighted by Gasteiger charge is -2.09. The van der Waals surface area contributed by atoms with Crippen molar-refractivity contribution in [2.45, 2.75) is 13.1 Å². The van der Waals surface area contributed by atoms with Gasteiger partial charge in [0.25, 0.3) is 0 Å². The van der Waals surface area contributed by atoms with Crippen LogP contribution in [0.15, 0.2) is 6.33 Å². The molecule has 0 spiro atoms. The fraction of sp³-hybridized carbons (Fsp3) is 0.615. The van der Waals surface area contributed by atoms with Crippen molar-refractivity contribution in [2.24, 2.45) is 0 Å². The normalized spacial score (nSPS) is 10.2. The lowest BCUT2D eigenvalue weighted by Crippen LogP contribution is -2.37. The first-order valence-corrected chi connectivity index (χ1v) is 8.32. The van der Waals surface area contributed by atoms with Crippen molar-refractivity contribution in [3.63, 3.8) is 0 Å². The van der Waals surface area contributed by atoms with Gasteiger partial charge in [-0.2, -0.15) is 0 Å². The van der Waals surface area contributed by atoms with Gasteiger partial charge in [-0.25, -0.2) is 4.98 Å². The molecule has 1 rings (SSSR count). The van der Waals surface area contributed by atoms with Gasteiger partial charge in [-0.05, 0) is 24.4 Å². The minimum absolute atomic E-state index is 0.655. The van der Waals surface area contributed by atoms with E-state index in [-0.39, 0.29) is 0 Å². The van der Waals surface area contributed by atoms with E-state index in [2.05, 4.69) is 41.9 Å². The molecular formula is C13H26N8S2. The van der Waals surface area contributed by atoms with Gasteiger partial charge in [-0.1, -0.05) is 0 Å². The van der Waals surface area contributed by atoms with E-state index in [1.54, 1.807) is 20.4 Å². The second-order valence-corrected chi connectivity index (χ2v) is 5.51. The zero-order valence-electron chi connectivity index (χ0n) is 13.6. The fourth-order valence-electron chi connectivity index (χ4n) is 1.78. The van der Waals surface area contributed by atoms with Gasteiger partial charge in [-0.15, -0.1) is 0 Å². The lowest BCUT2D eigenvalue weighted by molar-refractivity contribution is 0.634. The predicted octanol–water partition coefficient (Wildman–Crippen LogP) is -1.22. The highest BCUT2D eigenvalue weighted by Gasteiger charge is 2.04. The topological polar surface area (TPSA) is 101 Å². The van der Waals surface area contributed by atoms with E-state index in [1.807, 2.05) is 0 Å². The number of H-pyrrole nitrogens is 1. The number of imidazole rings is 1. The minimum Gasteiger partial charge on any atom is -0.366 e. The van der Waals surface area contributed by atoms with Gasteiger partial charge in [0, 0.05) is 53.4 Å². The van der Waals surface area contributed by atoms with Crippen molar-refractivity contribution in [2.75, 3.05) is 40.3 Å². The van der Waals surface area contributed by atoms with Gasteiger partial charge in [0.05, 0.1) is 17.7 Å². The average Bonchev–Trinajstić information content (AvgIpc) is 3.01. The molecule has 0 saturated carbocycles. The van der Waals surface area contributed by atoms with Gasteiger partial charge in [0.2, 0.25) is 0 Å². The summed E-state index contributed by atoms with van der Waals surface area (Å²) in [6, 6.07) is 0. The molecule has 0 aliphatic heterocycles. The maximum Gasteiger partial charge on any atom is 0.166 e. The Morgan fingerprint density at radius 1 is 0.957 bits per heavy atom. The summed E-state index contributed by atoms with van der Waals surface area (Å²) >= 11 is 10.0. The van der Waals surface area contributed by atoms with E-state index in [0.29, 0.717) is 10.2 Å². The predicted molar refractivity (Wildman–Crippen MR) is 101 cm³/mol. The molecule has 10 heteroatoms. The largest absolute Gasteiger partial charge is 0.366 e. The summed E-state index contributed by atoms with van der Waals surface area (Å²) in [6.45, 7) is 4.64. The third-order valence-corrected chi connectivity index (χ3v) is 3.73. The molecule has 0 aliphatic carbocycles. The van der Waals surface area contributed by atoms with E-state index >= 15 is 0 Å². The molecular weight excluding hydrogens is 332 g/mol. The van der Waals surface area contributed by atoms with Crippen LogP contribution in [-0.4, -0.2) is 60.5 Å². The van der Waals surface area contributed by atoms with Crippen LogP contribution in [-0.2, 0) is 13.1 Å². The summed E-state index contributed by atoms with van der Waals surface area (Å²) in [5.74, 6) is 0. The number of hydrogen-bond acceptors (Lipinski definition) is 5. The summed E-state index contributed by atoms with van der Waals surface area (Å²) in [4.78, 5) is 7.51. The second-order valence-electron chi connectivity index (χ2n) is 4.69. The molecule has 0 unspecified atom stereocenters. The molecule has 23 heavy (non-hydrogen) atoms. The van der Waals surface area contributed by atoms with Crippen molar-refractivity contribution in [3.05, 3.63) is 17.7 Å². The summed E-state index contributed by atoms with van der Waals surface area (Å²) in [5, 5.41) is 19.9. The first-order valence-electron chi connectivity index (χ1n) is 7.51. The van der Waals surface area contributed by atoms with Crippen LogP contribution in [0.3, 0.4) is 0 Å². The smallest absolute Gasteiger partial charge is 0.166 e. The molecule has 7 N–H and O–H groups in total. The Kier molecular flexibility index (Phi) is 10.2. The maximum absolute atomic E-state index is 5.01. The monoisotopic (exact) mass is 358 g/mol. The molecule has 8 nitrogen and oxygen atoms in total. The van der Waals surface area contributed by atoms with Gasteiger partial charge in [-0.3, -0.25) is 0 Å². The Hall–Kier alpha value is -1.49. The quantitative estimate of drug-likeness (QED) is 0.205. The van der Waals surface area contributed by atoms with Crippen LogP contribution in [0.4, 0.5) is 0 Å². The minimum atomic E-state index is 0.655. The summed E-state index contributed by atoms with van der Waals surface area (Å²) in [5.41, 5.74) is 2.11. The van der Waals surface area contributed by atoms with E-state index in [1.165, 1.54) is 0 Å². The van der Waals surface area contributed by atoms with E-state index < -0.39 is 0 Å². The first-order chi connectivity index (χ1) is 11.2. The Morgan fingerprint density at radius 3 is 2.09 bits per heavy atom. The van der Waals surface area contributed by atoms with Crippen molar-refractivity contribution in [1.29, 1.82) is 0 Å². The molecule has 0 atom stereocenters. The van der Waals surface area contributed by atoms with E-state index in [9.17, 15) is 0 Å². The average molecular weight is 359 g/mol. The van der Waals surface area contributed by atoms with Crippen LogP contribution < -0.4 is 31.9 Å². The van der Waals surface area contributed by atoms with Crippen molar-refractivity contribution in [1.82, 2.24) is 41.9 Å². The maximum atomic E-state index is 5.01. The van der Waals surface area contributed by atoms with Crippen LogP contribution in [0.5, 0.6) is 0 Å². The Labute approximate surface area is 148 Å². The Balaban J connectivity index is 2.15. The standard InChI is InChI=1S/C13H26N8S2/c1-14-12(22)18-5-3-16-7-10-11(21-9-20-10)8-17-4-6-19-13(23)15-2/h9,16-17H,3-8H2,1-2H3,(H,20,21)(H2,14,18,22)(H2,15,19,23). The number of nitrogens with one attached hydrogen (secondary N) is 7. The molecule has 1 aromatic rings. The number of aromatic nitrogens is 2. The van der Waals surface area contributed by atoms with Crippen molar-refractivity contribution in [3.8, 4) is 0 Å². The third kappa shape index (κ3) is 8.65. The number of rotatable bonds is 10. The SMILES string of the molecule is CNC(=S)NCCNCc1nc[nH]c1CNCCNC(=S)NC. The van der Waals surface area contributed by atoms with Gasteiger partial charge < -0.3 is 36.9 Å². The third-order valence-electron chi connectivity index (χ3n) is 3.03. The number of thiocarbonyl (C=S) groups is 2. The molecule has 0 aliphatic rings. The summed E-state index contributed by atoms with van der Waals surface area (Å²) in [6.07, 6.45) is 1.72. The molecule has 0 radical (unpaired) electrons. The Morgan fingerprint density at radius 2 is 1.52 bits per heavy atom. The molecule has 1 heterocycles. The number of aromatic amines is 1. The van der Waals surface area contributed by atoms with Gasteiger partial charge in [0.1, 0.15) is 0 Å². The van der Waals surface area contributed by atoms with Gasteiger partial charge >= 0.3 is 0 Å². The molecule has 0 aromatic carbocycles. The van der Waals surface area contributed by atoms with Crippen LogP contribution in [0.2, 0.25) is 0 Å². The highest BCUT2D eigenvalue weighted by Crippen LogP contribution is 2.01. The highest BCUT2D eigenvalue weighted by molar-refractivity contribution is 7.80. The second kappa shape index (κ2) is 12.0. The fourth-order valence-corrected chi connectivity index (χ4v) is 1.98. The molecule has 0 bridgehead atoms. The van der Waals surface area contributed by atoms with Crippen LogP contribution in [0.1, 0.15) is 11.4 Å². The van der Waals surface area contributed by atoms with E-state index in [0.717, 1.165) is 50.7 Å². The van der Waals surface area contributed by atoms with Crippen molar-refractivity contribution < 1.29 is 0 Å². The molecule has 0 saturated heterocycles. The molecule has 130 valence electrons. The van der Waals surface area contributed by atoms with E-state index in [4.69, 9.17) is 24.4 Å². The highest BCUT2D eigenvalue weighted by atomic mass is 32.1. The van der Waals surface area contributed by atoms with Crippen LogP contribution in [0.25, 0.3) is 0 Å². The summed E-state index contributed by atoms with van der Waals surface area (Å²) in [7, 11) is 3.60. The van der Waals surface area contributed by atoms with Crippen LogP contribution >= 0.6 is 24.4 Å². The number of nitrogens with zero attached hydrogens (tertiary/aromatic N) is 1. The molecule has 1 aromatic heterocycles. The summed E-state index contributed by atoms with van der Waals surface area (Å²) < 4.78 is 0. The van der Waals surface area contributed by atoms with Crippen molar-refractivity contribution >= 4 is 34.7 Å². The van der Waals surface area contributed by atoms with Gasteiger partial charge in [0.15, 0.2) is 10.2 Å². The molecule has 0 fully saturated rings. The van der Waals surface area contributed by atoms with Crippen LogP contribution in [0, 0.1) is 0 Å². The molecule has 0 amide bonds. The zero-order chi connectivity index (χ0) is 16.9. The first kappa shape index (κ1) is 19.6. The number of hydrogen-bond donors (Lipinski definition) is 7. The Bertz CT molecular complexity index is 436.